The molecular formula is C27H27N5O4S. The van der Waals surface area contributed by atoms with Gasteiger partial charge in [-0.2, -0.15) is 0 Å². The summed E-state index contributed by atoms with van der Waals surface area (Å²) in [7, 11) is 1.58. The maximum atomic E-state index is 12.6. The van der Waals surface area contributed by atoms with Crippen molar-refractivity contribution in [2.75, 3.05) is 24.8 Å². The second-order valence-corrected chi connectivity index (χ2v) is 8.93. The Kier molecular flexibility index (Phi) is 8.77. The molecule has 37 heavy (non-hydrogen) atoms. The van der Waals surface area contributed by atoms with Crippen LogP contribution in [0.25, 0.3) is 5.69 Å². The normalized spacial score (nSPS) is 10.5. The van der Waals surface area contributed by atoms with Crippen molar-refractivity contribution in [1.29, 1.82) is 0 Å². The molecule has 0 saturated heterocycles. The highest BCUT2D eigenvalue weighted by molar-refractivity contribution is 7.99. The molecule has 2 amide bonds. The molecular weight excluding hydrogens is 490 g/mol. The van der Waals surface area contributed by atoms with Gasteiger partial charge in [-0.15, -0.1) is 10.2 Å². The summed E-state index contributed by atoms with van der Waals surface area (Å²) in [5.41, 5.74) is 2.49. The lowest BCUT2D eigenvalue weighted by atomic mass is 10.2. The van der Waals surface area contributed by atoms with E-state index >= 15 is 0 Å². The SMILES string of the molecule is COc1ccccc1-n1c(CNC(=O)COc2ccccc2)nnc1SCC(=O)Nc1cccc(C)c1. The first kappa shape index (κ1) is 25.8. The third-order valence-corrected chi connectivity index (χ3v) is 6.15. The predicted octanol–water partition coefficient (Wildman–Crippen LogP) is 4.01. The molecule has 0 unspecified atom stereocenters. The lowest BCUT2D eigenvalue weighted by Gasteiger charge is -2.14. The molecule has 4 rings (SSSR count). The first-order valence-corrected chi connectivity index (χ1v) is 12.5. The summed E-state index contributed by atoms with van der Waals surface area (Å²) in [6.45, 7) is 1.94. The quantitative estimate of drug-likeness (QED) is 0.290. The lowest BCUT2D eigenvalue weighted by Crippen LogP contribution is -2.29. The second kappa shape index (κ2) is 12.6. The summed E-state index contributed by atoms with van der Waals surface area (Å²) in [4.78, 5) is 25.0. The molecule has 0 aliphatic heterocycles. The minimum absolute atomic E-state index is 0.109. The average Bonchev–Trinajstić information content (AvgIpc) is 3.32. The zero-order valence-electron chi connectivity index (χ0n) is 20.5. The fourth-order valence-electron chi connectivity index (χ4n) is 3.51. The Hall–Kier alpha value is -4.31. The van der Waals surface area contributed by atoms with Crippen LogP contribution in [0, 0.1) is 6.92 Å². The molecule has 4 aromatic rings. The Morgan fingerprint density at radius 3 is 2.51 bits per heavy atom. The molecule has 3 aromatic carbocycles. The fourth-order valence-corrected chi connectivity index (χ4v) is 4.27. The van der Waals surface area contributed by atoms with Crippen LogP contribution in [0.15, 0.2) is 84.0 Å². The molecule has 0 radical (unpaired) electrons. The number of ether oxygens (including phenoxy) is 2. The van der Waals surface area contributed by atoms with E-state index in [2.05, 4.69) is 20.8 Å². The van der Waals surface area contributed by atoms with Crippen LogP contribution < -0.4 is 20.1 Å². The maximum absolute atomic E-state index is 12.6. The number of methoxy groups -OCH3 is 1. The molecule has 1 heterocycles. The zero-order valence-corrected chi connectivity index (χ0v) is 21.3. The van der Waals surface area contributed by atoms with Gasteiger partial charge in [0.25, 0.3) is 5.91 Å². The van der Waals surface area contributed by atoms with Crippen LogP contribution in [-0.2, 0) is 16.1 Å². The summed E-state index contributed by atoms with van der Waals surface area (Å²) < 4.78 is 12.8. The highest BCUT2D eigenvalue weighted by Gasteiger charge is 2.19. The standard InChI is InChI=1S/C27H27N5O4S/c1-19-9-8-10-20(15-19)29-26(34)18-37-27-31-30-24(32(27)22-13-6-7-14-23(22)35-2)16-28-25(33)17-36-21-11-4-3-5-12-21/h3-15H,16-18H2,1-2H3,(H,28,33)(H,29,34). The van der Waals surface area contributed by atoms with Crippen LogP contribution in [-0.4, -0.2) is 46.0 Å². The minimum Gasteiger partial charge on any atom is -0.495 e. The van der Waals surface area contributed by atoms with Gasteiger partial charge in [-0.3, -0.25) is 14.2 Å². The van der Waals surface area contributed by atoms with Gasteiger partial charge in [-0.05, 0) is 48.9 Å². The smallest absolute Gasteiger partial charge is 0.258 e. The van der Waals surface area contributed by atoms with Crippen molar-refractivity contribution in [3.8, 4) is 17.2 Å². The van der Waals surface area contributed by atoms with Gasteiger partial charge in [-0.1, -0.05) is 54.2 Å². The molecule has 0 saturated carbocycles. The van der Waals surface area contributed by atoms with Crippen LogP contribution in [0.2, 0.25) is 0 Å². The van der Waals surface area contributed by atoms with Crippen LogP contribution >= 0.6 is 11.8 Å². The highest BCUT2D eigenvalue weighted by atomic mass is 32.2. The predicted molar refractivity (Wildman–Crippen MR) is 142 cm³/mol. The van der Waals surface area contributed by atoms with Crippen LogP contribution in [0.4, 0.5) is 5.69 Å². The van der Waals surface area contributed by atoms with Gasteiger partial charge in [-0.25, -0.2) is 0 Å². The number of amides is 2. The Morgan fingerprint density at radius 1 is 0.946 bits per heavy atom. The van der Waals surface area contributed by atoms with Crippen LogP contribution in [0.3, 0.4) is 0 Å². The number of nitrogens with one attached hydrogen (secondary N) is 2. The van der Waals surface area contributed by atoms with Gasteiger partial charge < -0.3 is 20.1 Å². The van der Waals surface area contributed by atoms with Crippen molar-refractivity contribution in [2.24, 2.45) is 0 Å². The van der Waals surface area contributed by atoms with Crippen molar-refractivity contribution < 1.29 is 19.1 Å². The molecule has 0 aliphatic rings. The minimum atomic E-state index is -0.301. The van der Waals surface area contributed by atoms with Crippen molar-refractivity contribution >= 4 is 29.3 Å². The fraction of sp³-hybridized carbons (Fsp3) is 0.185. The number of anilines is 1. The number of rotatable bonds is 11. The number of carbonyl (C=O) groups is 2. The summed E-state index contributed by atoms with van der Waals surface area (Å²) in [6, 6.07) is 24.1. The number of benzene rings is 3. The second-order valence-electron chi connectivity index (χ2n) is 7.99. The number of para-hydroxylation sites is 3. The van der Waals surface area contributed by atoms with Gasteiger partial charge in [0.1, 0.15) is 11.5 Å². The average molecular weight is 518 g/mol. The van der Waals surface area contributed by atoms with Gasteiger partial charge in [0.05, 0.1) is 25.1 Å². The van der Waals surface area contributed by atoms with E-state index in [1.165, 1.54) is 11.8 Å². The van der Waals surface area contributed by atoms with Crippen molar-refractivity contribution in [3.05, 3.63) is 90.3 Å². The number of carbonyl (C=O) groups excluding carboxylic acids is 2. The van der Waals surface area contributed by atoms with Crippen molar-refractivity contribution in [2.45, 2.75) is 18.6 Å². The summed E-state index contributed by atoms with van der Waals surface area (Å²) in [5, 5.41) is 14.8. The highest BCUT2D eigenvalue weighted by Crippen LogP contribution is 2.28. The largest absolute Gasteiger partial charge is 0.495 e. The molecule has 190 valence electrons. The summed E-state index contributed by atoms with van der Waals surface area (Å²) >= 11 is 1.24. The van der Waals surface area contributed by atoms with E-state index in [9.17, 15) is 9.59 Å². The van der Waals surface area contributed by atoms with Gasteiger partial charge in [0, 0.05) is 5.69 Å². The zero-order chi connectivity index (χ0) is 26.0. The Labute approximate surface area is 219 Å². The van der Waals surface area contributed by atoms with E-state index in [-0.39, 0.29) is 30.7 Å². The van der Waals surface area contributed by atoms with Crippen LogP contribution in [0.5, 0.6) is 11.5 Å². The van der Waals surface area contributed by atoms with E-state index in [4.69, 9.17) is 9.47 Å². The molecule has 0 fully saturated rings. The molecule has 9 nitrogen and oxygen atoms in total. The maximum Gasteiger partial charge on any atom is 0.258 e. The topological polar surface area (TPSA) is 107 Å². The number of hydrogen-bond acceptors (Lipinski definition) is 7. The van der Waals surface area contributed by atoms with E-state index in [1.54, 1.807) is 23.8 Å². The molecule has 0 bridgehead atoms. The molecule has 2 N–H and O–H groups in total. The number of nitrogens with zero attached hydrogens (tertiary/aromatic N) is 3. The van der Waals surface area contributed by atoms with E-state index in [1.807, 2.05) is 73.7 Å². The summed E-state index contributed by atoms with van der Waals surface area (Å²) in [6.07, 6.45) is 0. The number of aromatic nitrogens is 3. The molecule has 0 spiro atoms. The first-order valence-electron chi connectivity index (χ1n) is 11.5. The third kappa shape index (κ3) is 7.11. The van der Waals surface area contributed by atoms with Gasteiger partial charge in [0.15, 0.2) is 17.6 Å². The van der Waals surface area contributed by atoms with E-state index in [0.717, 1.165) is 11.3 Å². The molecule has 0 atom stereocenters. The Bertz CT molecular complexity index is 1360. The monoisotopic (exact) mass is 517 g/mol. The van der Waals surface area contributed by atoms with E-state index in [0.29, 0.717) is 28.2 Å². The lowest BCUT2D eigenvalue weighted by molar-refractivity contribution is -0.123. The molecule has 0 aliphatic carbocycles. The van der Waals surface area contributed by atoms with Crippen molar-refractivity contribution in [3.63, 3.8) is 0 Å². The number of aryl methyl sites for hydroxylation is 1. The summed E-state index contributed by atoms with van der Waals surface area (Å²) in [5.74, 6) is 1.35. The molecule has 1 aromatic heterocycles. The Morgan fingerprint density at radius 2 is 1.73 bits per heavy atom. The Balaban J connectivity index is 1.46. The number of hydrogen-bond donors (Lipinski definition) is 2. The van der Waals surface area contributed by atoms with E-state index < -0.39 is 0 Å². The third-order valence-electron chi connectivity index (χ3n) is 5.22. The first-order chi connectivity index (χ1) is 18.0. The van der Waals surface area contributed by atoms with Gasteiger partial charge in [0.2, 0.25) is 5.91 Å². The molecule has 10 heteroatoms. The van der Waals surface area contributed by atoms with Crippen LogP contribution in [0.1, 0.15) is 11.4 Å². The van der Waals surface area contributed by atoms with Gasteiger partial charge >= 0.3 is 0 Å². The van der Waals surface area contributed by atoms with Crippen molar-refractivity contribution in [1.82, 2.24) is 20.1 Å². The number of thioether (sulfide) groups is 1.